The summed E-state index contributed by atoms with van der Waals surface area (Å²) < 4.78 is 0. The molecule has 1 atom stereocenters. The van der Waals surface area contributed by atoms with Gasteiger partial charge in [0.1, 0.15) is 0 Å². The quantitative estimate of drug-likeness (QED) is 0.601. The fourth-order valence-corrected chi connectivity index (χ4v) is 1.39. The summed E-state index contributed by atoms with van der Waals surface area (Å²) in [7, 11) is 0. The molecular weight excluding hydrogens is 214 g/mol. The molecule has 0 aliphatic heterocycles. The van der Waals surface area contributed by atoms with Gasteiger partial charge >= 0.3 is 0 Å². The number of rotatable bonds is 5. The van der Waals surface area contributed by atoms with Crippen LogP contribution in [0.1, 0.15) is 18.5 Å². The van der Waals surface area contributed by atoms with Gasteiger partial charge in [-0.2, -0.15) is 0 Å². The molecule has 17 heavy (non-hydrogen) atoms. The van der Waals surface area contributed by atoms with Crippen LogP contribution in [0.3, 0.4) is 0 Å². The molecule has 0 aromatic heterocycles. The molecule has 0 unspecified atom stereocenters. The third-order valence-corrected chi connectivity index (χ3v) is 2.25. The Kier molecular flexibility index (Phi) is 5.75. The highest BCUT2D eigenvalue weighted by Gasteiger charge is 2.10. The van der Waals surface area contributed by atoms with Crippen molar-refractivity contribution in [3.63, 3.8) is 0 Å². The van der Waals surface area contributed by atoms with E-state index in [0.717, 1.165) is 5.56 Å². The number of allylic oxidation sites excluding steroid dienone is 3. The minimum absolute atomic E-state index is 0.118. The van der Waals surface area contributed by atoms with Crippen LogP contribution >= 0.6 is 0 Å². The van der Waals surface area contributed by atoms with Crippen molar-refractivity contribution in [2.75, 3.05) is 6.61 Å². The van der Waals surface area contributed by atoms with Gasteiger partial charge in [-0.25, -0.2) is 0 Å². The highest BCUT2D eigenvalue weighted by atomic mass is 16.3. The molecule has 0 fully saturated rings. The number of aliphatic hydroxyl groups excluding tert-OH is 1. The van der Waals surface area contributed by atoms with E-state index in [1.165, 1.54) is 6.08 Å². The zero-order chi connectivity index (χ0) is 12.5. The first kappa shape index (κ1) is 13.2. The second kappa shape index (κ2) is 7.41. The molecule has 0 saturated heterocycles. The number of nitrogens with one attached hydrogen (secondary N) is 1. The van der Waals surface area contributed by atoms with Crippen LogP contribution < -0.4 is 5.32 Å². The zero-order valence-electron chi connectivity index (χ0n) is 9.84. The SMILES string of the molecule is CC=CC=CC(=O)N[C@H](CO)c1ccccc1. The van der Waals surface area contributed by atoms with Gasteiger partial charge in [0.2, 0.25) is 5.91 Å². The number of carbonyl (C=O) groups is 1. The first-order valence-corrected chi connectivity index (χ1v) is 5.53. The molecule has 1 aromatic rings. The van der Waals surface area contributed by atoms with Crippen LogP contribution in [0, 0.1) is 0 Å². The molecule has 0 bridgehead atoms. The Morgan fingerprint density at radius 2 is 2.06 bits per heavy atom. The van der Waals surface area contributed by atoms with Gasteiger partial charge in [-0.1, -0.05) is 48.6 Å². The number of aliphatic hydroxyl groups is 1. The van der Waals surface area contributed by atoms with Gasteiger partial charge in [-0.3, -0.25) is 4.79 Å². The van der Waals surface area contributed by atoms with Gasteiger partial charge in [0.25, 0.3) is 0 Å². The largest absolute Gasteiger partial charge is 0.394 e. The summed E-state index contributed by atoms with van der Waals surface area (Å²) in [6.07, 6.45) is 6.71. The van der Waals surface area contributed by atoms with Crippen LogP contribution in [0.25, 0.3) is 0 Å². The molecule has 0 heterocycles. The average Bonchev–Trinajstić information content (AvgIpc) is 2.37. The van der Waals surface area contributed by atoms with Crippen molar-refractivity contribution < 1.29 is 9.90 Å². The van der Waals surface area contributed by atoms with E-state index >= 15 is 0 Å². The molecule has 0 radical (unpaired) electrons. The summed E-state index contributed by atoms with van der Waals surface area (Å²) in [6, 6.07) is 9.03. The van der Waals surface area contributed by atoms with E-state index in [4.69, 9.17) is 0 Å². The van der Waals surface area contributed by atoms with Crippen LogP contribution in [0.4, 0.5) is 0 Å². The average molecular weight is 231 g/mol. The van der Waals surface area contributed by atoms with E-state index in [9.17, 15) is 9.90 Å². The van der Waals surface area contributed by atoms with Crippen molar-refractivity contribution >= 4 is 5.91 Å². The molecule has 3 heteroatoms. The van der Waals surface area contributed by atoms with Crippen LogP contribution in [-0.4, -0.2) is 17.6 Å². The molecule has 0 aliphatic carbocycles. The van der Waals surface area contributed by atoms with E-state index in [-0.39, 0.29) is 18.6 Å². The molecule has 0 spiro atoms. The van der Waals surface area contributed by atoms with Gasteiger partial charge in [0, 0.05) is 6.08 Å². The van der Waals surface area contributed by atoms with Crippen molar-refractivity contribution in [2.45, 2.75) is 13.0 Å². The predicted molar refractivity (Wildman–Crippen MR) is 68.4 cm³/mol. The fraction of sp³-hybridized carbons (Fsp3) is 0.214. The minimum atomic E-state index is -0.362. The van der Waals surface area contributed by atoms with Crippen LogP contribution in [0.2, 0.25) is 0 Å². The predicted octanol–water partition coefficient (Wildman–Crippen LogP) is 1.97. The molecule has 0 aliphatic rings. The molecule has 1 rings (SSSR count). The summed E-state index contributed by atoms with van der Waals surface area (Å²) in [5, 5.41) is 12.0. The van der Waals surface area contributed by atoms with E-state index in [1.54, 1.807) is 12.2 Å². The Morgan fingerprint density at radius 1 is 1.35 bits per heavy atom. The smallest absolute Gasteiger partial charge is 0.244 e. The summed E-state index contributed by atoms with van der Waals surface area (Å²) in [5.74, 6) is -0.217. The van der Waals surface area contributed by atoms with E-state index in [1.807, 2.05) is 43.3 Å². The van der Waals surface area contributed by atoms with Crippen LogP contribution in [-0.2, 0) is 4.79 Å². The Hall–Kier alpha value is -1.87. The summed E-state index contributed by atoms with van der Waals surface area (Å²) >= 11 is 0. The lowest BCUT2D eigenvalue weighted by molar-refractivity contribution is -0.117. The zero-order valence-corrected chi connectivity index (χ0v) is 9.84. The first-order valence-electron chi connectivity index (χ1n) is 5.53. The minimum Gasteiger partial charge on any atom is -0.394 e. The maximum absolute atomic E-state index is 11.5. The van der Waals surface area contributed by atoms with Gasteiger partial charge in [0.05, 0.1) is 12.6 Å². The summed E-state index contributed by atoms with van der Waals surface area (Å²) in [6.45, 7) is 1.76. The Labute approximate surface area is 101 Å². The molecule has 1 aromatic carbocycles. The number of hydrogen-bond donors (Lipinski definition) is 2. The fourth-order valence-electron chi connectivity index (χ4n) is 1.39. The number of benzene rings is 1. The highest BCUT2D eigenvalue weighted by molar-refractivity contribution is 5.88. The third kappa shape index (κ3) is 4.66. The topological polar surface area (TPSA) is 49.3 Å². The Bertz CT molecular complexity index is 396. The van der Waals surface area contributed by atoms with Gasteiger partial charge in [-0.05, 0) is 12.5 Å². The summed E-state index contributed by atoms with van der Waals surface area (Å²) in [4.78, 5) is 11.5. The molecule has 1 amide bonds. The number of amides is 1. The normalized spacial score (nSPS) is 13.1. The van der Waals surface area contributed by atoms with Gasteiger partial charge < -0.3 is 10.4 Å². The maximum Gasteiger partial charge on any atom is 0.244 e. The lowest BCUT2D eigenvalue weighted by Gasteiger charge is -2.15. The lowest BCUT2D eigenvalue weighted by Crippen LogP contribution is -2.29. The highest BCUT2D eigenvalue weighted by Crippen LogP contribution is 2.11. The van der Waals surface area contributed by atoms with Gasteiger partial charge in [0.15, 0.2) is 0 Å². The third-order valence-electron chi connectivity index (χ3n) is 2.25. The summed E-state index contributed by atoms with van der Waals surface area (Å²) in [5.41, 5.74) is 0.891. The van der Waals surface area contributed by atoms with Crippen LogP contribution in [0.15, 0.2) is 54.6 Å². The second-order valence-corrected chi connectivity index (χ2v) is 3.54. The number of carbonyl (C=O) groups excluding carboxylic acids is 1. The molecule has 90 valence electrons. The molecule has 2 N–H and O–H groups in total. The number of hydrogen-bond acceptors (Lipinski definition) is 2. The molecule has 3 nitrogen and oxygen atoms in total. The van der Waals surface area contributed by atoms with E-state index < -0.39 is 0 Å². The van der Waals surface area contributed by atoms with Gasteiger partial charge in [-0.15, -0.1) is 0 Å². The Morgan fingerprint density at radius 3 is 2.65 bits per heavy atom. The maximum atomic E-state index is 11.5. The van der Waals surface area contributed by atoms with Crippen molar-refractivity contribution in [1.82, 2.24) is 5.32 Å². The molecular formula is C14H17NO2. The lowest BCUT2D eigenvalue weighted by atomic mass is 10.1. The second-order valence-electron chi connectivity index (χ2n) is 3.54. The van der Waals surface area contributed by atoms with Crippen molar-refractivity contribution in [1.29, 1.82) is 0 Å². The standard InChI is InChI=1S/C14H17NO2/c1-2-3-5-10-14(17)15-13(11-16)12-8-6-4-7-9-12/h2-10,13,16H,11H2,1H3,(H,15,17)/t13-/m1/s1. The van der Waals surface area contributed by atoms with E-state index in [0.29, 0.717) is 0 Å². The Balaban J connectivity index is 2.62. The monoisotopic (exact) mass is 231 g/mol. The molecule has 0 saturated carbocycles. The van der Waals surface area contributed by atoms with Crippen molar-refractivity contribution in [2.24, 2.45) is 0 Å². The van der Waals surface area contributed by atoms with E-state index in [2.05, 4.69) is 5.32 Å². The van der Waals surface area contributed by atoms with Crippen molar-refractivity contribution in [3.05, 3.63) is 60.2 Å². The van der Waals surface area contributed by atoms with Crippen molar-refractivity contribution in [3.8, 4) is 0 Å². The first-order chi connectivity index (χ1) is 8.27. The van der Waals surface area contributed by atoms with Crippen LogP contribution in [0.5, 0.6) is 0 Å².